The van der Waals surface area contributed by atoms with Crippen molar-refractivity contribution >= 4 is 34.4 Å². The fraction of sp³-hybridized carbons (Fsp3) is 0.222. The minimum atomic E-state index is 0.831. The Labute approximate surface area is 90.6 Å². The van der Waals surface area contributed by atoms with E-state index in [9.17, 15) is 0 Å². The van der Waals surface area contributed by atoms with Crippen LogP contribution in [0.3, 0.4) is 0 Å². The average Bonchev–Trinajstić information content (AvgIpc) is 2.87. The second kappa shape index (κ2) is 3.47. The highest BCUT2D eigenvalue weighted by Gasteiger charge is 2.05. The van der Waals surface area contributed by atoms with E-state index in [1.54, 1.807) is 0 Å². The van der Waals surface area contributed by atoms with Gasteiger partial charge in [0, 0.05) is 12.2 Å². The van der Waals surface area contributed by atoms with Gasteiger partial charge in [0.05, 0.1) is 18.3 Å². The molecule has 2 N–H and O–H groups in total. The van der Waals surface area contributed by atoms with Gasteiger partial charge >= 0.3 is 0 Å². The SMILES string of the molecule is c1cc2nsnc2cc1NC1=NCCN1. The largest absolute Gasteiger partial charge is 0.354 e. The number of nitrogens with one attached hydrogen (secondary N) is 2. The zero-order chi connectivity index (χ0) is 10.1. The molecule has 2 heterocycles. The monoisotopic (exact) mass is 219 g/mol. The Morgan fingerprint density at radius 3 is 3.07 bits per heavy atom. The predicted molar refractivity (Wildman–Crippen MR) is 61.3 cm³/mol. The molecule has 5 nitrogen and oxygen atoms in total. The highest BCUT2D eigenvalue weighted by molar-refractivity contribution is 7.00. The summed E-state index contributed by atoms with van der Waals surface area (Å²) in [6, 6.07) is 5.91. The van der Waals surface area contributed by atoms with Crippen molar-refractivity contribution in [3.63, 3.8) is 0 Å². The maximum Gasteiger partial charge on any atom is 0.195 e. The quantitative estimate of drug-likeness (QED) is 0.753. The molecular formula is C9H9N5S. The molecule has 2 aromatic rings. The molecule has 1 aliphatic heterocycles. The van der Waals surface area contributed by atoms with E-state index >= 15 is 0 Å². The van der Waals surface area contributed by atoms with E-state index in [-0.39, 0.29) is 0 Å². The fourth-order valence-corrected chi connectivity index (χ4v) is 2.00. The molecule has 1 aromatic heterocycles. The van der Waals surface area contributed by atoms with Crippen LogP contribution in [0.4, 0.5) is 5.69 Å². The van der Waals surface area contributed by atoms with Gasteiger partial charge in [0.25, 0.3) is 0 Å². The summed E-state index contributed by atoms with van der Waals surface area (Å²) in [5.74, 6) is 0.831. The molecule has 0 fully saturated rings. The molecule has 6 heteroatoms. The van der Waals surface area contributed by atoms with Crippen molar-refractivity contribution in [1.29, 1.82) is 0 Å². The molecule has 0 unspecified atom stereocenters. The molecule has 1 aliphatic rings. The van der Waals surface area contributed by atoms with Crippen molar-refractivity contribution in [1.82, 2.24) is 14.1 Å². The Morgan fingerprint density at radius 1 is 1.27 bits per heavy atom. The standard InChI is InChI=1S/C9H9N5S/c1-2-7-8(14-15-13-7)5-6(1)12-9-10-3-4-11-9/h1-2,5H,3-4H2,(H2,10,11,12). The van der Waals surface area contributed by atoms with Gasteiger partial charge in [-0.3, -0.25) is 4.99 Å². The predicted octanol–water partition coefficient (Wildman–Crippen LogP) is 1.06. The molecule has 0 aliphatic carbocycles. The lowest BCUT2D eigenvalue weighted by molar-refractivity contribution is 0.959. The molecule has 0 saturated heterocycles. The van der Waals surface area contributed by atoms with Crippen LogP contribution in [-0.2, 0) is 0 Å². The lowest BCUT2D eigenvalue weighted by Crippen LogP contribution is -2.26. The van der Waals surface area contributed by atoms with E-state index < -0.39 is 0 Å². The highest BCUT2D eigenvalue weighted by Crippen LogP contribution is 2.17. The summed E-state index contributed by atoms with van der Waals surface area (Å²) in [6.07, 6.45) is 0. The number of guanidine groups is 1. The van der Waals surface area contributed by atoms with Crippen LogP contribution in [0.5, 0.6) is 0 Å². The first-order valence-corrected chi connectivity index (χ1v) is 5.42. The van der Waals surface area contributed by atoms with E-state index in [4.69, 9.17) is 0 Å². The molecule has 0 atom stereocenters. The van der Waals surface area contributed by atoms with Crippen LogP contribution in [0.2, 0.25) is 0 Å². The van der Waals surface area contributed by atoms with Gasteiger partial charge in [-0.15, -0.1) is 0 Å². The van der Waals surface area contributed by atoms with E-state index in [1.165, 1.54) is 11.7 Å². The second-order valence-corrected chi connectivity index (χ2v) is 3.78. The van der Waals surface area contributed by atoms with Gasteiger partial charge in [-0.2, -0.15) is 8.75 Å². The Morgan fingerprint density at radius 2 is 2.20 bits per heavy atom. The maximum atomic E-state index is 4.26. The highest BCUT2D eigenvalue weighted by atomic mass is 32.1. The van der Waals surface area contributed by atoms with Crippen molar-refractivity contribution < 1.29 is 0 Å². The van der Waals surface area contributed by atoms with E-state index in [0.717, 1.165) is 35.8 Å². The minimum absolute atomic E-state index is 0.831. The smallest absolute Gasteiger partial charge is 0.195 e. The lowest BCUT2D eigenvalue weighted by atomic mass is 10.3. The van der Waals surface area contributed by atoms with Crippen LogP contribution in [0.1, 0.15) is 0 Å². The van der Waals surface area contributed by atoms with Crippen LogP contribution in [0, 0.1) is 0 Å². The van der Waals surface area contributed by atoms with Crippen LogP contribution < -0.4 is 10.6 Å². The average molecular weight is 219 g/mol. The molecule has 0 radical (unpaired) electrons. The van der Waals surface area contributed by atoms with Gasteiger partial charge in [0.1, 0.15) is 11.0 Å². The molecule has 1 aromatic carbocycles. The summed E-state index contributed by atoms with van der Waals surface area (Å²) < 4.78 is 8.33. The molecule has 3 rings (SSSR count). The Hall–Kier alpha value is -1.69. The number of hydrogen-bond acceptors (Lipinski definition) is 6. The van der Waals surface area contributed by atoms with Gasteiger partial charge in [0.15, 0.2) is 5.96 Å². The number of aliphatic imine (C=N–C) groups is 1. The third kappa shape index (κ3) is 1.63. The van der Waals surface area contributed by atoms with Gasteiger partial charge in [-0.1, -0.05) is 0 Å². The minimum Gasteiger partial charge on any atom is -0.354 e. The van der Waals surface area contributed by atoms with Crippen molar-refractivity contribution in [2.24, 2.45) is 4.99 Å². The molecule has 0 bridgehead atoms. The number of hydrogen-bond donors (Lipinski definition) is 2. The third-order valence-corrected chi connectivity index (χ3v) is 2.75. The molecule has 0 amide bonds. The van der Waals surface area contributed by atoms with Crippen LogP contribution in [0.25, 0.3) is 11.0 Å². The van der Waals surface area contributed by atoms with Crippen molar-refractivity contribution in [3.8, 4) is 0 Å². The Balaban J connectivity index is 1.90. The van der Waals surface area contributed by atoms with Crippen molar-refractivity contribution in [2.75, 3.05) is 18.4 Å². The first-order chi connectivity index (χ1) is 7.42. The Bertz CT molecular complexity index is 518. The molecule has 76 valence electrons. The summed E-state index contributed by atoms with van der Waals surface area (Å²) in [7, 11) is 0. The maximum absolute atomic E-state index is 4.26. The number of nitrogens with zero attached hydrogens (tertiary/aromatic N) is 3. The molecule has 0 saturated carbocycles. The summed E-state index contributed by atoms with van der Waals surface area (Å²) in [4.78, 5) is 4.26. The number of rotatable bonds is 1. The Kier molecular flexibility index (Phi) is 1.99. The fourth-order valence-electron chi connectivity index (χ4n) is 1.48. The molecule has 15 heavy (non-hydrogen) atoms. The van der Waals surface area contributed by atoms with E-state index in [2.05, 4.69) is 24.4 Å². The summed E-state index contributed by atoms with van der Waals surface area (Å²) >= 11 is 1.23. The summed E-state index contributed by atoms with van der Waals surface area (Å²) in [5, 5.41) is 6.35. The summed E-state index contributed by atoms with van der Waals surface area (Å²) in [6.45, 7) is 1.74. The van der Waals surface area contributed by atoms with Crippen LogP contribution in [0.15, 0.2) is 23.2 Å². The normalized spacial score (nSPS) is 15.1. The first-order valence-electron chi connectivity index (χ1n) is 4.69. The van der Waals surface area contributed by atoms with Crippen molar-refractivity contribution in [3.05, 3.63) is 18.2 Å². The second-order valence-electron chi connectivity index (χ2n) is 3.25. The van der Waals surface area contributed by atoms with Crippen LogP contribution in [-0.4, -0.2) is 27.8 Å². The number of aromatic nitrogens is 2. The molecular weight excluding hydrogens is 210 g/mol. The van der Waals surface area contributed by atoms with Crippen LogP contribution >= 0.6 is 11.7 Å². The van der Waals surface area contributed by atoms with E-state index in [1.807, 2.05) is 18.2 Å². The third-order valence-electron chi connectivity index (χ3n) is 2.19. The zero-order valence-corrected chi connectivity index (χ0v) is 8.71. The summed E-state index contributed by atoms with van der Waals surface area (Å²) in [5.41, 5.74) is 2.85. The number of anilines is 1. The first kappa shape index (κ1) is 8.60. The number of benzene rings is 1. The van der Waals surface area contributed by atoms with Gasteiger partial charge in [-0.05, 0) is 18.2 Å². The molecule has 0 spiro atoms. The van der Waals surface area contributed by atoms with Gasteiger partial charge in [0.2, 0.25) is 0 Å². The number of fused-ring (bicyclic) bond motifs is 1. The van der Waals surface area contributed by atoms with Crippen molar-refractivity contribution in [2.45, 2.75) is 0 Å². The van der Waals surface area contributed by atoms with Gasteiger partial charge < -0.3 is 10.6 Å². The topological polar surface area (TPSA) is 62.2 Å². The lowest BCUT2D eigenvalue weighted by Gasteiger charge is -2.05. The van der Waals surface area contributed by atoms with E-state index in [0.29, 0.717) is 0 Å². The van der Waals surface area contributed by atoms with Gasteiger partial charge in [-0.25, -0.2) is 0 Å². The zero-order valence-electron chi connectivity index (χ0n) is 7.90.